The van der Waals surface area contributed by atoms with Gasteiger partial charge in [-0.3, -0.25) is 19.3 Å². The van der Waals surface area contributed by atoms with Gasteiger partial charge in [-0.15, -0.1) is 11.3 Å². The Morgan fingerprint density at radius 3 is 2.70 bits per heavy atom. The molecule has 1 aliphatic carbocycles. The lowest BCUT2D eigenvalue weighted by molar-refractivity contribution is -0.145. The van der Waals surface area contributed by atoms with Crippen LogP contribution in [0.2, 0.25) is 0 Å². The number of methoxy groups -OCH3 is 1. The van der Waals surface area contributed by atoms with Crippen LogP contribution in [0.4, 0.5) is 0 Å². The second kappa shape index (κ2) is 8.89. The van der Waals surface area contributed by atoms with Crippen molar-refractivity contribution in [2.24, 2.45) is 0 Å². The van der Waals surface area contributed by atoms with Crippen LogP contribution in [-0.4, -0.2) is 52.2 Å². The molecule has 2 atom stereocenters. The molecule has 0 spiro atoms. The van der Waals surface area contributed by atoms with E-state index in [0.29, 0.717) is 17.9 Å². The summed E-state index contributed by atoms with van der Waals surface area (Å²) >= 11 is 1.55. The van der Waals surface area contributed by atoms with Gasteiger partial charge >= 0.3 is 0 Å². The lowest BCUT2D eigenvalue weighted by Crippen LogP contribution is -2.46. The van der Waals surface area contributed by atoms with E-state index in [1.54, 1.807) is 30.7 Å². The molecule has 1 saturated carbocycles. The zero-order chi connectivity index (χ0) is 23.0. The van der Waals surface area contributed by atoms with Gasteiger partial charge in [0.1, 0.15) is 10.8 Å². The van der Waals surface area contributed by atoms with E-state index in [4.69, 9.17) is 4.74 Å². The van der Waals surface area contributed by atoms with Crippen LogP contribution < -0.4 is 4.74 Å². The fourth-order valence-corrected chi connectivity index (χ4v) is 6.64. The van der Waals surface area contributed by atoms with Gasteiger partial charge in [0, 0.05) is 42.6 Å². The maximum absolute atomic E-state index is 14.0. The number of rotatable bonds is 6. The molecule has 3 aliphatic rings. The molecular formula is C25H29N3O4S. The van der Waals surface area contributed by atoms with Crippen molar-refractivity contribution < 1.29 is 19.1 Å². The molecule has 33 heavy (non-hydrogen) atoms. The minimum Gasteiger partial charge on any atom is -0.496 e. The zero-order valence-electron chi connectivity index (χ0n) is 18.9. The van der Waals surface area contributed by atoms with Crippen molar-refractivity contribution in [2.75, 3.05) is 13.7 Å². The number of hydrogen-bond acceptors (Lipinski definition) is 6. The molecule has 8 heteroatoms. The number of aromatic nitrogens is 1. The Labute approximate surface area is 197 Å². The fourth-order valence-electron chi connectivity index (χ4n) is 5.86. The number of thiazole rings is 1. The van der Waals surface area contributed by atoms with Gasteiger partial charge in [-0.05, 0) is 31.7 Å². The first-order valence-corrected chi connectivity index (χ1v) is 12.6. The average molecular weight is 468 g/mol. The van der Waals surface area contributed by atoms with Crippen LogP contribution in [0.15, 0.2) is 35.8 Å². The van der Waals surface area contributed by atoms with Crippen LogP contribution in [0.25, 0.3) is 0 Å². The second-order valence-electron chi connectivity index (χ2n) is 9.26. The summed E-state index contributed by atoms with van der Waals surface area (Å²) in [6.07, 6.45) is 7.21. The van der Waals surface area contributed by atoms with E-state index in [1.807, 2.05) is 28.5 Å². The molecule has 5 rings (SSSR count). The predicted octanol–water partition coefficient (Wildman–Crippen LogP) is 3.84. The normalized spacial score (nSPS) is 25.9. The number of para-hydroxylation sites is 1. The zero-order valence-corrected chi connectivity index (χ0v) is 19.7. The van der Waals surface area contributed by atoms with Crippen LogP contribution in [0.1, 0.15) is 68.0 Å². The maximum Gasteiger partial charge on any atom is 0.241 e. The molecule has 174 valence electrons. The van der Waals surface area contributed by atoms with Gasteiger partial charge in [-0.25, -0.2) is 4.98 Å². The number of ether oxygens (including phenoxy) is 1. The van der Waals surface area contributed by atoms with Gasteiger partial charge in [-0.1, -0.05) is 31.0 Å². The van der Waals surface area contributed by atoms with Gasteiger partial charge in [0.15, 0.2) is 0 Å². The summed E-state index contributed by atoms with van der Waals surface area (Å²) < 4.78 is 5.60. The molecule has 3 amide bonds. The highest BCUT2D eigenvalue weighted by atomic mass is 32.1. The van der Waals surface area contributed by atoms with Crippen molar-refractivity contribution in [3.8, 4) is 5.75 Å². The first-order valence-electron chi connectivity index (χ1n) is 11.7. The molecule has 1 aromatic carbocycles. The Hall–Kier alpha value is -2.74. The molecule has 3 fully saturated rings. The molecular weight excluding hydrogens is 438 g/mol. The van der Waals surface area contributed by atoms with Crippen molar-refractivity contribution in [1.29, 1.82) is 0 Å². The van der Waals surface area contributed by atoms with E-state index >= 15 is 0 Å². The van der Waals surface area contributed by atoms with Crippen molar-refractivity contribution in [1.82, 2.24) is 14.8 Å². The first-order chi connectivity index (χ1) is 16.0. The molecule has 3 heterocycles. The van der Waals surface area contributed by atoms with Gasteiger partial charge in [0.05, 0.1) is 18.6 Å². The molecule has 0 N–H and O–H groups in total. The number of carbonyl (C=O) groups is 3. The number of imide groups is 1. The van der Waals surface area contributed by atoms with E-state index < -0.39 is 5.41 Å². The Morgan fingerprint density at radius 2 is 1.97 bits per heavy atom. The lowest BCUT2D eigenvalue weighted by Gasteiger charge is -2.32. The van der Waals surface area contributed by atoms with E-state index in [-0.39, 0.29) is 42.6 Å². The minimum atomic E-state index is -1.24. The fraction of sp³-hybridized carbons (Fsp3) is 0.520. The Bertz CT molecular complexity index is 1050. The minimum absolute atomic E-state index is 0.00417. The lowest BCUT2D eigenvalue weighted by atomic mass is 9.75. The SMILES string of the molecule is COc1ccccc1[C@@]1(CC(=O)N2CCC[C@@H]2c2nccs2)CC(=O)N(C2CCCC2)C1=O. The quantitative estimate of drug-likeness (QED) is 0.603. The van der Waals surface area contributed by atoms with Crippen LogP contribution in [0, 0.1) is 0 Å². The van der Waals surface area contributed by atoms with Gasteiger partial charge in [0.25, 0.3) is 0 Å². The number of likely N-dealkylation sites (tertiary alicyclic amines) is 2. The highest BCUT2D eigenvalue weighted by Crippen LogP contribution is 2.47. The smallest absolute Gasteiger partial charge is 0.241 e. The Morgan fingerprint density at radius 1 is 1.18 bits per heavy atom. The van der Waals surface area contributed by atoms with Gasteiger partial charge < -0.3 is 9.64 Å². The van der Waals surface area contributed by atoms with E-state index in [9.17, 15) is 14.4 Å². The van der Waals surface area contributed by atoms with E-state index in [1.165, 1.54) is 4.90 Å². The molecule has 0 unspecified atom stereocenters. The number of hydrogen-bond donors (Lipinski definition) is 0. The number of carbonyl (C=O) groups excluding carboxylic acids is 3. The van der Waals surface area contributed by atoms with Crippen molar-refractivity contribution in [3.05, 3.63) is 46.4 Å². The van der Waals surface area contributed by atoms with Gasteiger partial charge in [0.2, 0.25) is 17.7 Å². The topological polar surface area (TPSA) is 79.8 Å². The highest BCUT2D eigenvalue weighted by Gasteiger charge is 2.57. The standard InChI is InChI=1S/C25H29N3O4S/c1-32-20-11-5-4-9-18(20)25(16-22(30)28(24(25)31)17-7-2-3-8-17)15-21(29)27-13-6-10-19(27)23-26-12-14-33-23/h4-5,9,11-12,14,17,19H,2-3,6-8,10,13,15-16H2,1H3/t19-,25-/m1/s1. The number of nitrogens with zero attached hydrogens (tertiary/aromatic N) is 3. The highest BCUT2D eigenvalue weighted by molar-refractivity contribution is 7.09. The van der Waals surface area contributed by atoms with Crippen LogP contribution in [-0.2, 0) is 19.8 Å². The predicted molar refractivity (Wildman–Crippen MR) is 124 cm³/mol. The monoisotopic (exact) mass is 467 g/mol. The summed E-state index contributed by atoms with van der Waals surface area (Å²) in [5.41, 5.74) is -0.607. The largest absolute Gasteiger partial charge is 0.496 e. The molecule has 2 aliphatic heterocycles. The summed E-state index contributed by atoms with van der Waals surface area (Å²) in [7, 11) is 1.56. The van der Waals surface area contributed by atoms with Gasteiger partial charge in [-0.2, -0.15) is 0 Å². The Kier molecular flexibility index (Phi) is 5.95. The first kappa shape index (κ1) is 22.1. The molecule has 7 nitrogen and oxygen atoms in total. The van der Waals surface area contributed by atoms with Crippen LogP contribution in [0.5, 0.6) is 5.75 Å². The van der Waals surface area contributed by atoms with Crippen molar-refractivity contribution in [3.63, 3.8) is 0 Å². The third kappa shape index (κ3) is 3.74. The molecule has 0 bridgehead atoms. The van der Waals surface area contributed by atoms with E-state index in [0.717, 1.165) is 43.5 Å². The number of benzene rings is 1. The summed E-state index contributed by atoms with van der Waals surface area (Å²) in [5.74, 6) is 0.0105. The number of amides is 3. The molecule has 1 aromatic heterocycles. The molecule has 2 saturated heterocycles. The maximum atomic E-state index is 14.0. The molecule has 2 aromatic rings. The summed E-state index contributed by atoms with van der Waals surface area (Å²) in [5, 5.41) is 2.85. The third-order valence-electron chi connectivity index (χ3n) is 7.42. The summed E-state index contributed by atoms with van der Waals surface area (Å²) in [6, 6.07) is 7.18. The van der Waals surface area contributed by atoms with Crippen molar-refractivity contribution >= 4 is 29.1 Å². The third-order valence-corrected chi connectivity index (χ3v) is 8.30. The second-order valence-corrected chi connectivity index (χ2v) is 10.2. The molecule has 0 radical (unpaired) electrons. The van der Waals surface area contributed by atoms with E-state index in [2.05, 4.69) is 4.98 Å². The van der Waals surface area contributed by atoms with Crippen molar-refractivity contribution in [2.45, 2.75) is 68.9 Å². The Balaban J connectivity index is 1.52. The van der Waals surface area contributed by atoms with Crippen LogP contribution in [0.3, 0.4) is 0 Å². The average Bonchev–Trinajstić information content (AvgIpc) is 3.61. The van der Waals surface area contributed by atoms with Crippen LogP contribution >= 0.6 is 11.3 Å². The summed E-state index contributed by atoms with van der Waals surface area (Å²) in [4.78, 5) is 48.8. The summed E-state index contributed by atoms with van der Waals surface area (Å²) in [6.45, 7) is 0.638.